The molecule has 1 N–H and O–H groups in total. The van der Waals surface area contributed by atoms with Crippen LogP contribution >= 0.6 is 11.6 Å². The highest BCUT2D eigenvalue weighted by molar-refractivity contribution is 6.30. The number of carbonyl (C=O) groups excluding carboxylic acids is 2. The summed E-state index contributed by atoms with van der Waals surface area (Å²) in [7, 11) is 0. The maximum absolute atomic E-state index is 12.7. The Bertz CT molecular complexity index is 852. The van der Waals surface area contributed by atoms with Crippen LogP contribution in [0.1, 0.15) is 12.0 Å². The number of hydrogen-bond donors (Lipinski definition) is 1. The van der Waals surface area contributed by atoms with E-state index in [1.54, 1.807) is 23.1 Å². The number of fused-ring (bicyclic) bond motifs is 2. The third-order valence-corrected chi connectivity index (χ3v) is 4.86. The first kappa shape index (κ1) is 16.0. The fraction of sp³-hybridized carbons (Fsp3) is 0.263. The number of carbonyl (C=O) groups is 2. The Kier molecular flexibility index (Phi) is 4.09. The van der Waals surface area contributed by atoms with Crippen LogP contribution in [0.25, 0.3) is 0 Å². The second-order valence-electron chi connectivity index (χ2n) is 6.27. The Hall–Kier alpha value is -2.53. The number of hydrogen-bond acceptors (Lipinski definition) is 3. The molecule has 2 amide bonds. The lowest BCUT2D eigenvalue weighted by molar-refractivity contribution is -0.126. The van der Waals surface area contributed by atoms with Crippen LogP contribution in [-0.2, 0) is 16.0 Å². The van der Waals surface area contributed by atoms with Gasteiger partial charge in [-0.15, -0.1) is 0 Å². The van der Waals surface area contributed by atoms with Crippen molar-refractivity contribution in [2.24, 2.45) is 5.92 Å². The maximum Gasteiger partial charge on any atom is 0.231 e. The molecule has 2 aliphatic heterocycles. The first-order valence-electron chi connectivity index (χ1n) is 8.23. The molecule has 0 aromatic heterocycles. The lowest BCUT2D eigenvalue weighted by atomic mass is 10.0. The van der Waals surface area contributed by atoms with E-state index in [2.05, 4.69) is 5.32 Å². The van der Waals surface area contributed by atoms with Crippen molar-refractivity contribution >= 4 is 34.8 Å². The zero-order chi connectivity index (χ0) is 17.4. The molecule has 2 aromatic rings. The van der Waals surface area contributed by atoms with E-state index in [-0.39, 0.29) is 24.8 Å². The molecule has 0 bridgehead atoms. The van der Waals surface area contributed by atoms with Crippen LogP contribution in [0.5, 0.6) is 5.75 Å². The molecule has 1 atom stereocenters. The lowest BCUT2D eigenvalue weighted by Crippen LogP contribution is -2.35. The molecule has 5 nitrogen and oxygen atoms in total. The molecule has 0 spiro atoms. The number of para-hydroxylation sites is 1. The highest BCUT2D eigenvalue weighted by Crippen LogP contribution is 2.33. The van der Waals surface area contributed by atoms with E-state index in [0.717, 1.165) is 12.1 Å². The summed E-state index contributed by atoms with van der Waals surface area (Å²) in [6.45, 7) is 0.809. The molecule has 0 saturated heterocycles. The summed E-state index contributed by atoms with van der Waals surface area (Å²) in [5.41, 5.74) is 2.69. The van der Waals surface area contributed by atoms with Gasteiger partial charge in [-0.2, -0.15) is 0 Å². The standard InChI is InChI=1S/C19H17ClN2O3/c20-14-5-6-15-17(10-14)25-11-13(19(24)21-15)9-18(23)22-8-7-12-3-1-2-4-16(12)22/h1-6,10,13H,7-9,11H2,(H,21,24). The molecule has 6 heteroatoms. The van der Waals surface area contributed by atoms with Crippen molar-refractivity contribution in [3.63, 3.8) is 0 Å². The molecule has 0 aliphatic carbocycles. The van der Waals surface area contributed by atoms with Crippen molar-refractivity contribution in [2.45, 2.75) is 12.8 Å². The highest BCUT2D eigenvalue weighted by Gasteiger charge is 2.31. The molecular weight excluding hydrogens is 340 g/mol. The summed E-state index contributed by atoms with van der Waals surface area (Å²) in [6, 6.07) is 12.9. The number of rotatable bonds is 2. The first-order valence-corrected chi connectivity index (χ1v) is 8.61. The zero-order valence-electron chi connectivity index (χ0n) is 13.5. The third-order valence-electron chi connectivity index (χ3n) is 4.62. The van der Waals surface area contributed by atoms with Crippen LogP contribution in [0, 0.1) is 5.92 Å². The molecule has 128 valence electrons. The summed E-state index contributed by atoms with van der Waals surface area (Å²) in [5, 5.41) is 3.36. The van der Waals surface area contributed by atoms with Crippen LogP contribution in [0.4, 0.5) is 11.4 Å². The van der Waals surface area contributed by atoms with E-state index in [0.29, 0.717) is 23.0 Å². The maximum atomic E-state index is 12.7. The predicted octanol–water partition coefficient (Wildman–Crippen LogP) is 3.27. The predicted molar refractivity (Wildman–Crippen MR) is 96.2 cm³/mol. The van der Waals surface area contributed by atoms with Gasteiger partial charge in [0.25, 0.3) is 0 Å². The van der Waals surface area contributed by atoms with Gasteiger partial charge in [0.05, 0.1) is 11.6 Å². The van der Waals surface area contributed by atoms with Crippen molar-refractivity contribution in [3.8, 4) is 5.75 Å². The molecule has 2 heterocycles. The smallest absolute Gasteiger partial charge is 0.231 e. The van der Waals surface area contributed by atoms with E-state index < -0.39 is 5.92 Å². The van der Waals surface area contributed by atoms with Gasteiger partial charge in [0.2, 0.25) is 11.8 Å². The molecule has 1 unspecified atom stereocenters. The van der Waals surface area contributed by atoms with Crippen LogP contribution in [0.2, 0.25) is 5.02 Å². The van der Waals surface area contributed by atoms with Gasteiger partial charge in [0.1, 0.15) is 12.4 Å². The monoisotopic (exact) mass is 356 g/mol. The zero-order valence-corrected chi connectivity index (χ0v) is 14.3. The molecule has 25 heavy (non-hydrogen) atoms. The van der Waals surface area contributed by atoms with E-state index in [9.17, 15) is 9.59 Å². The van der Waals surface area contributed by atoms with Gasteiger partial charge in [-0.25, -0.2) is 0 Å². The van der Waals surface area contributed by atoms with Gasteiger partial charge >= 0.3 is 0 Å². The summed E-state index contributed by atoms with van der Waals surface area (Å²) < 4.78 is 5.71. The van der Waals surface area contributed by atoms with E-state index in [1.807, 2.05) is 24.3 Å². The third kappa shape index (κ3) is 3.07. The number of amides is 2. The number of ether oxygens (including phenoxy) is 1. The van der Waals surface area contributed by atoms with Crippen molar-refractivity contribution in [1.82, 2.24) is 0 Å². The average Bonchev–Trinajstić information content (AvgIpc) is 2.98. The minimum absolute atomic E-state index is 0.0577. The molecular formula is C19H17ClN2O3. The van der Waals surface area contributed by atoms with E-state index in [4.69, 9.17) is 16.3 Å². The fourth-order valence-corrected chi connectivity index (χ4v) is 3.45. The van der Waals surface area contributed by atoms with Crippen LogP contribution in [-0.4, -0.2) is 25.0 Å². The molecule has 0 fully saturated rings. The Morgan fingerprint density at radius 2 is 2.12 bits per heavy atom. The number of nitrogens with zero attached hydrogens (tertiary/aromatic N) is 1. The topological polar surface area (TPSA) is 58.6 Å². The van der Waals surface area contributed by atoms with Gasteiger partial charge in [0, 0.05) is 29.7 Å². The summed E-state index contributed by atoms with van der Waals surface area (Å²) in [6.07, 6.45) is 0.959. The summed E-state index contributed by atoms with van der Waals surface area (Å²) in [4.78, 5) is 27.0. The Labute approximate surface area is 150 Å². The Morgan fingerprint density at radius 1 is 1.28 bits per heavy atom. The van der Waals surface area contributed by atoms with E-state index >= 15 is 0 Å². The molecule has 2 aliphatic rings. The Morgan fingerprint density at radius 3 is 3.00 bits per heavy atom. The van der Waals surface area contributed by atoms with Crippen molar-refractivity contribution in [3.05, 3.63) is 53.1 Å². The molecule has 4 rings (SSSR count). The minimum atomic E-state index is -0.536. The van der Waals surface area contributed by atoms with Gasteiger partial charge in [-0.3, -0.25) is 9.59 Å². The first-order chi connectivity index (χ1) is 12.1. The number of halogens is 1. The molecule has 0 radical (unpaired) electrons. The second kappa shape index (κ2) is 6.41. The van der Waals surface area contributed by atoms with Crippen LogP contribution in [0.3, 0.4) is 0 Å². The SMILES string of the molecule is O=C1Nc2ccc(Cl)cc2OCC1CC(=O)N1CCc2ccccc21. The van der Waals surface area contributed by atoms with Crippen molar-refractivity contribution in [1.29, 1.82) is 0 Å². The second-order valence-corrected chi connectivity index (χ2v) is 6.70. The van der Waals surface area contributed by atoms with E-state index in [1.165, 1.54) is 5.56 Å². The van der Waals surface area contributed by atoms with Crippen LogP contribution in [0.15, 0.2) is 42.5 Å². The normalized spacial score (nSPS) is 18.7. The van der Waals surface area contributed by atoms with Gasteiger partial charge < -0.3 is 15.0 Å². The summed E-state index contributed by atoms with van der Waals surface area (Å²) >= 11 is 5.97. The van der Waals surface area contributed by atoms with Gasteiger partial charge in [-0.05, 0) is 30.2 Å². The summed E-state index contributed by atoms with van der Waals surface area (Å²) in [5.74, 6) is -0.270. The average molecular weight is 357 g/mol. The van der Waals surface area contributed by atoms with Gasteiger partial charge in [-0.1, -0.05) is 29.8 Å². The number of nitrogens with one attached hydrogen (secondary N) is 1. The Balaban J connectivity index is 1.48. The largest absolute Gasteiger partial charge is 0.491 e. The lowest BCUT2D eigenvalue weighted by Gasteiger charge is -2.20. The number of anilines is 2. The highest BCUT2D eigenvalue weighted by atomic mass is 35.5. The number of benzene rings is 2. The van der Waals surface area contributed by atoms with Gasteiger partial charge in [0.15, 0.2) is 0 Å². The minimum Gasteiger partial charge on any atom is -0.491 e. The molecule has 0 saturated carbocycles. The van der Waals surface area contributed by atoms with Crippen LogP contribution < -0.4 is 15.0 Å². The van der Waals surface area contributed by atoms with Crippen molar-refractivity contribution in [2.75, 3.05) is 23.4 Å². The quantitative estimate of drug-likeness (QED) is 0.898. The molecule has 2 aromatic carbocycles. The van der Waals surface area contributed by atoms with Crippen molar-refractivity contribution < 1.29 is 14.3 Å². The fourth-order valence-electron chi connectivity index (χ4n) is 3.29.